The maximum Gasteiger partial charge on any atom is 0.129 e. The molecule has 2 aromatic rings. The van der Waals surface area contributed by atoms with Crippen LogP contribution in [0.15, 0.2) is 42.5 Å². The number of aryl methyl sites for hydroxylation is 1. The first kappa shape index (κ1) is 16.0. The molecule has 1 fully saturated rings. The summed E-state index contributed by atoms with van der Waals surface area (Å²) in [6.07, 6.45) is 0. The van der Waals surface area contributed by atoms with Crippen molar-refractivity contribution in [2.75, 3.05) is 18.1 Å². The molecule has 0 spiro atoms. The van der Waals surface area contributed by atoms with E-state index in [0.717, 1.165) is 18.1 Å². The normalized spacial score (nSPS) is 18.6. The Bertz CT molecular complexity index is 721. The first-order valence-corrected chi connectivity index (χ1v) is 8.90. The van der Waals surface area contributed by atoms with Gasteiger partial charge in [0.05, 0.1) is 11.6 Å². The Kier molecular flexibility index (Phi) is 5.00. The van der Waals surface area contributed by atoms with Crippen LogP contribution in [0.2, 0.25) is 0 Å². The zero-order valence-corrected chi connectivity index (χ0v) is 13.9. The quantitative estimate of drug-likeness (QED) is 0.841. The van der Waals surface area contributed by atoms with E-state index in [9.17, 15) is 4.39 Å². The Balaban J connectivity index is 1.82. The second kappa shape index (κ2) is 7.16. The largest absolute Gasteiger partial charge is 0.290 e. The molecule has 1 heterocycles. The second-order valence-electron chi connectivity index (χ2n) is 5.89. The Morgan fingerprint density at radius 3 is 2.74 bits per heavy atom. The lowest BCUT2D eigenvalue weighted by molar-refractivity contribution is 0.209. The maximum absolute atomic E-state index is 14.2. The number of nitrogens with zero attached hydrogens (tertiary/aromatic N) is 2. The Morgan fingerprint density at radius 2 is 2.04 bits per heavy atom. The van der Waals surface area contributed by atoms with Crippen LogP contribution in [0.4, 0.5) is 4.39 Å². The number of hydrogen-bond donors (Lipinski definition) is 0. The zero-order chi connectivity index (χ0) is 16.2. The molecule has 0 N–H and O–H groups in total. The van der Waals surface area contributed by atoms with Gasteiger partial charge in [-0.15, -0.1) is 0 Å². The predicted octanol–water partition coefficient (Wildman–Crippen LogP) is 4.30. The summed E-state index contributed by atoms with van der Waals surface area (Å²) in [5.41, 5.74) is 3.57. The fourth-order valence-corrected chi connectivity index (χ4v) is 4.04. The van der Waals surface area contributed by atoms with Crippen molar-refractivity contribution in [2.45, 2.75) is 19.5 Å². The molecule has 0 saturated carbocycles. The lowest BCUT2D eigenvalue weighted by Gasteiger charge is -2.36. The van der Waals surface area contributed by atoms with Crippen molar-refractivity contribution in [2.24, 2.45) is 0 Å². The van der Waals surface area contributed by atoms with Crippen molar-refractivity contribution in [3.63, 3.8) is 0 Å². The van der Waals surface area contributed by atoms with Crippen molar-refractivity contribution in [1.82, 2.24) is 4.90 Å². The van der Waals surface area contributed by atoms with E-state index in [1.807, 2.05) is 17.8 Å². The Hall–Kier alpha value is -1.83. The fraction of sp³-hybridized carbons (Fsp3) is 0.316. The standard InChI is InChI=1S/C19H19FN2S/c1-14-2-5-16(6-3-14)19-13-23-9-8-22(19)12-17-7-4-15(11-21)10-18(17)20/h2-7,10,19H,8-9,12-13H2,1H3/t19-/m0/s1. The van der Waals surface area contributed by atoms with Gasteiger partial charge in [-0.1, -0.05) is 35.9 Å². The van der Waals surface area contributed by atoms with Crippen LogP contribution < -0.4 is 0 Å². The minimum absolute atomic E-state index is 0.287. The van der Waals surface area contributed by atoms with Gasteiger partial charge in [0.2, 0.25) is 0 Å². The van der Waals surface area contributed by atoms with Gasteiger partial charge in [0.1, 0.15) is 5.82 Å². The first-order valence-electron chi connectivity index (χ1n) is 7.74. The van der Waals surface area contributed by atoms with Crippen LogP contribution in [0.5, 0.6) is 0 Å². The van der Waals surface area contributed by atoms with Crippen molar-refractivity contribution >= 4 is 11.8 Å². The molecule has 0 radical (unpaired) electrons. The fourth-order valence-electron chi connectivity index (χ4n) is 2.89. The summed E-state index contributed by atoms with van der Waals surface area (Å²) >= 11 is 1.95. The van der Waals surface area contributed by atoms with Gasteiger partial charge in [0.25, 0.3) is 0 Å². The number of thioether (sulfide) groups is 1. The maximum atomic E-state index is 14.2. The third-order valence-corrected chi connectivity index (χ3v) is 5.28. The van der Waals surface area contributed by atoms with Crippen molar-refractivity contribution in [3.8, 4) is 6.07 Å². The third kappa shape index (κ3) is 3.74. The third-order valence-electron chi connectivity index (χ3n) is 4.26. The highest BCUT2D eigenvalue weighted by atomic mass is 32.2. The van der Waals surface area contributed by atoms with E-state index in [1.165, 1.54) is 17.2 Å². The van der Waals surface area contributed by atoms with Crippen molar-refractivity contribution in [3.05, 3.63) is 70.5 Å². The zero-order valence-electron chi connectivity index (χ0n) is 13.1. The van der Waals surface area contributed by atoms with Crippen LogP contribution in [0, 0.1) is 24.1 Å². The average molecular weight is 326 g/mol. The summed E-state index contributed by atoms with van der Waals surface area (Å²) in [6.45, 7) is 3.61. The molecule has 0 aliphatic carbocycles. The molecule has 0 bridgehead atoms. The molecular formula is C19H19FN2S. The van der Waals surface area contributed by atoms with Crippen LogP contribution in [-0.2, 0) is 6.54 Å². The van der Waals surface area contributed by atoms with E-state index in [2.05, 4.69) is 36.1 Å². The summed E-state index contributed by atoms with van der Waals surface area (Å²) < 4.78 is 14.2. The number of hydrogen-bond acceptors (Lipinski definition) is 3. The molecule has 3 rings (SSSR count). The molecule has 1 aliphatic heterocycles. The SMILES string of the molecule is Cc1ccc([C@@H]2CSCCN2Cc2ccc(C#N)cc2F)cc1. The molecule has 2 nitrogen and oxygen atoms in total. The van der Waals surface area contributed by atoms with Crippen molar-refractivity contribution in [1.29, 1.82) is 5.26 Å². The molecule has 0 unspecified atom stereocenters. The molecule has 1 atom stereocenters. The van der Waals surface area contributed by atoms with Gasteiger partial charge in [-0.2, -0.15) is 17.0 Å². The van der Waals surface area contributed by atoms with Gasteiger partial charge in [-0.25, -0.2) is 4.39 Å². The first-order chi connectivity index (χ1) is 11.2. The van der Waals surface area contributed by atoms with Gasteiger partial charge in [0.15, 0.2) is 0 Å². The number of rotatable bonds is 3. The van der Waals surface area contributed by atoms with E-state index in [-0.39, 0.29) is 5.82 Å². The molecule has 0 amide bonds. The van der Waals surface area contributed by atoms with Gasteiger partial charge in [-0.05, 0) is 24.6 Å². The molecule has 118 valence electrons. The van der Waals surface area contributed by atoms with Gasteiger partial charge >= 0.3 is 0 Å². The second-order valence-corrected chi connectivity index (χ2v) is 7.04. The minimum atomic E-state index is -0.287. The molecule has 1 aliphatic rings. The van der Waals surface area contributed by atoms with Gasteiger partial charge in [-0.3, -0.25) is 4.90 Å². The molecule has 2 aromatic carbocycles. The topological polar surface area (TPSA) is 27.0 Å². The molecule has 0 aromatic heterocycles. The van der Waals surface area contributed by atoms with Crippen LogP contribution in [0.3, 0.4) is 0 Å². The van der Waals surface area contributed by atoms with E-state index in [1.54, 1.807) is 12.1 Å². The number of benzene rings is 2. The Labute approximate surface area is 140 Å². The smallest absolute Gasteiger partial charge is 0.129 e. The van der Waals surface area contributed by atoms with Gasteiger partial charge < -0.3 is 0 Å². The molecule has 23 heavy (non-hydrogen) atoms. The van der Waals surface area contributed by atoms with E-state index >= 15 is 0 Å². The van der Waals surface area contributed by atoms with Crippen LogP contribution in [0.25, 0.3) is 0 Å². The van der Waals surface area contributed by atoms with Crippen LogP contribution >= 0.6 is 11.8 Å². The molecular weight excluding hydrogens is 307 g/mol. The highest BCUT2D eigenvalue weighted by molar-refractivity contribution is 7.99. The Morgan fingerprint density at radius 1 is 1.26 bits per heavy atom. The van der Waals surface area contributed by atoms with Crippen molar-refractivity contribution < 1.29 is 4.39 Å². The summed E-state index contributed by atoms with van der Waals surface area (Å²) in [7, 11) is 0. The van der Waals surface area contributed by atoms with Crippen LogP contribution in [0.1, 0.15) is 28.3 Å². The van der Waals surface area contributed by atoms with E-state index in [0.29, 0.717) is 23.7 Å². The summed E-state index contributed by atoms with van der Waals surface area (Å²) in [5.74, 6) is 1.81. The van der Waals surface area contributed by atoms with E-state index in [4.69, 9.17) is 5.26 Å². The average Bonchev–Trinajstić information content (AvgIpc) is 2.58. The summed E-state index contributed by atoms with van der Waals surface area (Å²) in [5, 5.41) is 8.86. The predicted molar refractivity (Wildman–Crippen MR) is 92.8 cm³/mol. The van der Waals surface area contributed by atoms with Gasteiger partial charge in [0, 0.05) is 36.2 Å². The monoisotopic (exact) mass is 326 g/mol. The highest BCUT2D eigenvalue weighted by Gasteiger charge is 2.25. The lowest BCUT2D eigenvalue weighted by Crippen LogP contribution is -2.35. The highest BCUT2D eigenvalue weighted by Crippen LogP contribution is 2.31. The summed E-state index contributed by atoms with van der Waals surface area (Å²) in [6, 6.07) is 15.7. The minimum Gasteiger partial charge on any atom is -0.290 e. The van der Waals surface area contributed by atoms with Crippen LogP contribution in [-0.4, -0.2) is 23.0 Å². The lowest BCUT2D eigenvalue weighted by atomic mass is 10.0. The molecule has 4 heteroatoms. The number of nitriles is 1. The van der Waals surface area contributed by atoms with E-state index < -0.39 is 0 Å². The molecule has 1 saturated heterocycles. The summed E-state index contributed by atoms with van der Waals surface area (Å²) in [4.78, 5) is 2.34. The number of halogens is 1.